The predicted molar refractivity (Wildman–Crippen MR) is 115 cm³/mol. The molecular formula is C23H22N6. The van der Waals surface area contributed by atoms with E-state index < -0.39 is 0 Å². The van der Waals surface area contributed by atoms with Crippen molar-refractivity contribution < 1.29 is 0 Å². The predicted octanol–water partition coefficient (Wildman–Crippen LogP) is 4.28. The van der Waals surface area contributed by atoms with Gasteiger partial charge in [-0.2, -0.15) is 0 Å². The van der Waals surface area contributed by atoms with Crippen LogP contribution in [0.5, 0.6) is 0 Å². The molecule has 4 aromatic rings. The van der Waals surface area contributed by atoms with E-state index in [2.05, 4.69) is 32.1 Å². The fraction of sp³-hybridized carbons (Fsp3) is 0.217. The largest absolute Gasteiger partial charge is 0.343 e. The zero-order valence-corrected chi connectivity index (χ0v) is 16.3. The van der Waals surface area contributed by atoms with Crippen LogP contribution in [0.3, 0.4) is 0 Å². The Morgan fingerprint density at radius 2 is 1.97 bits per heavy atom. The zero-order chi connectivity index (χ0) is 19.8. The van der Waals surface area contributed by atoms with Gasteiger partial charge in [0, 0.05) is 17.9 Å². The van der Waals surface area contributed by atoms with Crippen molar-refractivity contribution in [3.63, 3.8) is 0 Å². The second-order valence-corrected chi connectivity index (χ2v) is 7.51. The van der Waals surface area contributed by atoms with Gasteiger partial charge in [-0.1, -0.05) is 12.1 Å². The summed E-state index contributed by atoms with van der Waals surface area (Å²) in [5.74, 6) is 0. The van der Waals surface area contributed by atoms with E-state index in [1.165, 1.54) is 5.57 Å². The van der Waals surface area contributed by atoms with Gasteiger partial charge in [0.1, 0.15) is 5.69 Å². The average molecular weight is 382 g/mol. The standard InChI is InChI=1S/C23H22N6/c1-14-3-2-4-19(28-14)22-23(27-13-26-22)20-10-9-18-21(29-20)11-16(12-25-18)15-5-7-17(24)8-6-15/h2-5,9-13,17H,6-8,24H2,1H3,(H,26,27). The molecule has 4 heterocycles. The molecule has 4 aromatic heterocycles. The van der Waals surface area contributed by atoms with E-state index in [1.54, 1.807) is 6.33 Å². The van der Waals surface area contributed by atoms with Crippen LogP contribution in [0.2, 0.25) is 0 Å². The van der Waals surface area contributed by atoms with Crippen molar-refractivity contribution in [3.8, 4) is 22.8 Å². The lowest BCUT2D eigenvalue weighted by molar-refractivity contribution is 0.614. The Morgan fingerprint density at radius 3 is 2.79 bits per heavy atom. The minimum atomic E-state index is 0.269. The van der Waals surface area contributed by atoms with Gasteiger partial charge in [0.05, 0.1) is 34.4 Å². The maximum atomic E-state index is 6.02. The number of nitrogens with one attached hydrogen (secondary N) is 1. The number of hydrogen-bond donors (Lipinski definition) is 2. The maximum Gasteiger partial charge on any atom is 0.116 e. The monoisotopic (exact) mass is 382 g/mol. The molecule has 0 aromatic carbocycles. The number of allylic oxidation sites excluding steroid dienone is 1. The molecule has 144 valence electrons. The van der Waals surface area contributed by atoms with Crippen LogP contribution in [0.1, 0.15) is 30.5 Å². The van der Waals surface area contributed by atoms with Crippen molar-refractivity contribution >= 4 is 16.6 Å². The van der Waals surface area contributed by atoms with Crippen molar-refractivity contribution in [3.05, 3.63) is 66.3 Å². The number of aryl methyl sites for hydroxylation is 1. The number of aromatic amines is 1. The summed E-state index contributed by atoms with van der Waals surface area (Å²) in [6, 6.07) is 12.3. The van der Waals surface area contributed by atoms with Gasteiger partial charge >= 0.3 is 0 Å². The highest BCUT2D eigenvalue weighted by molar-refractivity contribution is 5.83. The second-order valence-electron chi connectivity index (χ2n) is 7.51. The summed E-state index contributed by atoms with van der Waals surface area (Å²) in [6.07, 6.45) is 8.76. The van der Waals surface area contributed by atoms with Crippen molar-refractivity contribution in [2.45, 2.75) is 32.2 Å². The highest BCUT2D eigenvalue weighted by atomic mass is 14.9. The van der Waals surface area contributed by atoms with Gasteiger partial charge in [0.2, 0.25) is 0 Å². The second kappa shape index (κ2) is 7.22. The summed E-state index contributed by atoms with van der Waals surface area (Å²) in [4.78, 5) is 21.8. The van der Waals surface area contributed by atoms with Crippen LogP contribution in [0.4, 0.5) is 0 Å². The van der Waals surface area contributed by atoms with Gasteiger partial charge < -0.3 is 10.7 Å². The smallest absolute Gasteiger partial charge is 0.116 e. The van der Waals surface area contributed by atoms with E-state index in [9.17, 15) is 0 Å². The fourth-order valence-electron chi connectivity index (χ4n) is 3.80. The molecule has 0 spiro atoms. The van der Waals surface area contributed by atoms with Gasteiger partial charge in [0.15, 0.2) is 0 Å². The van der Waals surface area contributed by atoms with Gasteiger partial charge in [-0.15, -0.1) is 0 Å². The van der Waals surface area contributed by atoms with Crippen LogP contribution in [0.25, 0.3) is 39.4 Å². The number of aromatic nitrogens is 5. The molecule has 0 saturated carbocycles. The third kappa shape index (κ3) is 3.43. The molecule has 0 aliphatic heterocycles. The number of nitrogens with zero attached hydrogens (tertiary/aromatic N) is 4. The van der Waals surface area contributed by atoms with E-state index in [0.717, 1.165) is 64.3 Å². The molecule has 6 heteroatoms. The highest BCUT2D eigenvalue weighted by Crippen LogP contribution is 2.30. The fourth-order valence-corrected chi connectivity index (χ4v) is 3.80. The first-order valence-corrected chi connectivity index (χ1v) is 9.87. The topological polar surface area (TPSA) is 93.4 Å². The van der Waals surface area contributed by atoms with Crippen LogP contribution in [-0.2, 0) is 0 Å². The normalized spacial score (nSPS) is 16.8. The number of fused-ring (bicyclic) bond motifs is 1. The molecule has 6 nitrogen and oxygen atoms in total. The van der Waals surface area contributed by atoms with Crippen molar-refractivity contribution in [1.82, 2.24) is 24.9 Å². The number of hydrogen-bond acceptors (Lipinski definition) is 5. The lowest BCUT2D eigenvalue weighted by atomic mass is 9.92. The van der Waals surface area contributed by atoms with Gasteiger partial charge in [-0.05, 0) is 67.7 Å². The summed E-state index contributed by atoms with van der Waals surface area (Å²) in [5.41, 5.74) is 14.5. The van der Waals surface area contributed by atoms with E-state index in [4.69, 9.17) is 10.7 Å². The van der Waals surface area contributed by atoms with E-state index in [1.807, 2.05) is 43.5 Å². The van der Waals surface area contributed by atoms with Crippen molar-refractivity contribution in [2.24, 2.45) is 5.73 Å². The van der Waals surface area contributed by atoms with Crippen LogP contribution in [-0.4, -0.2) is 31.0 Å². The SMILES string of the molecule is Cc1cccc(-c2[nH]cnc2-c2ccc3ncc(C4=CCC(N)CC4)cc3n2)n1. The maximum absolute atomic E-state index is 6.02. The number of nitrogens with two attached hydrogens (primary N) is 1. The van der Waals surface area contributed by atoms with Gasteiger partial charge in [-0.3, -0.25) is 9.97 Å². The van der Waals surface area contributed by atoms with E-state index >= 15 is 0 Å². The van der Waals surface area contributed by atoms with E-state index in [0.29, 0.717) is 0 Å². The third-order valence-electron chi connectivity index (χ3n) is 5.39. The molecule has 0 amide bonds. The van der Waals surface area contributed by atoms with Crippen LogP contribution < -0.4 is 5.73 Å². The molecule has 5 rings (SSSR count). The summed E-state index contributed by atoms with van der Waals surface area (Å²) >= 11 is 0. The Bertz CT molecular complexity index is 1220. The summed E-state index contributed by atoms with van der Waals surface area (Å²) in [5, 5.41) is 0. The molecule has 1 atom stereocenters. The Balaban J connectivity index is 1.56. The quantitative estimate of drug-likeness (QED) is 0.551. The minimum absolute atomic E-state index is 0.269. The molecule has 0 fully saturated rings. The first-order valence-electron chi connectivity index (χ1n) is 9.87. The van der Waals surface area contributed by atoms with Crippen LogP contribution in [0, 0.1) is 6.92 Å². The Hall–Kier alpha value is -3.38. The molecule has 3 N–H and O–H groups in total. The first-order chi connectivity index (χ1) is 14.2. The Labute approximate surface area is 169 Å². The van der Waals surface area contributed by atoms with E-state index in [-0.39, 0.29) is 6.04 Å². The summed E-state index contributed by atoms with van der Waals surface area (Å²) < 4.78 is 0. The van der Waals surface area contributed by atoms with Crippen molar-refractivity contribution in [2.75, 3.05) is 0 Å². The molecule has 0 radical (unpaired) electrons. The number of rotatable bonds is 3. The number of pyridine rings is 3. The highest BCUT2D eigenvalue weighted by Gasteiger charge is 2.15. The summed E-state index contributed by atoms with van der Waals surface area (Å²) in [6.45, 7) is 1.98. The third-order valence-corrected chi connectivity index (χ3v) is 5.39. The minimum Gasteiger partial charge on any atom is -0.343 e. The molecule has 0 saturated heterocycles. The van der Waals surface area contributed by atoms with Gasteiger partial charge in [0.25, 0.3) is 0 Å². The molecular weight excluding hydrogens is 360 g/mol. The Kier molecular flexibility index (Phi) is 4.41. The molecule has 1 aliphatic carbocycles. The number of imidazole rings is 1. The molecule has 1 aliphatic rings. The first kappa shape index (κ1) is 17.7. The number of H-pyrrole nitrogens is 1. The lowest BCUT2D eigenvalue weighted by Crippen LogP contribution is -2.21. The van der Waals surface area contributed by atoms with Crippen LogP contribution in [0.15, 0.2) is 55.0 Å². The molecule has 0 bridgehead atoms. The summed E-state index contributed by atoms with van der Waals surface area (Å²) in [7, 11) is 0. The lowest BCUT2D eigenvalue weighted by Gasteiger charge is -2.18. The Morgan fingerprint density at radius 1 is 1.03 bits per heavy atom. The van der Waals surface area contributed by atoms with Crippen LogP contribution >= 0.6 is 0 Å². The molecule has 1 unspecified atom stereocenters. The zero-order valence-electron chi connectivity index (χ0n) is 16.3. The van der Waals surface area contributed by atoms with Gasteiger partial charge in [-0.25, -0.2) is 9.97 Å². The average Bonchev–Trinajstić information content (AvgIpc) is 3.23. The molecule has 29 heavy (non-hydrogen) atoms. The van der Waals surface area contributed by atoms with Crippen molar-refractivity contribution in [1.29, 1.82) is 0 Å².